The molecular formula is C17H16ClNO3. The minimum Gasteiger partial charge on any atom is -0.461 e. The molecule has 2 rings (SSSR count). The van der Waals surface area contributed by atoms with Gasteiger partial charge in [-0.05, 0) is 30.2 Å². The van der Waals surface area contributed by atoms with Gasteiger partial charge in [-0.15, -0.1) is 0 Å². The Morgan fingerprint density at radius 3 is 2.41 bits per heavy atom. The lowest BCUT2D eigenvalue weighted by atomic mass is 10.1. The van der Waals surface area contributed by atoms with Crippen molar-refractivity contribution in [1.29, 1.82) is 0 Å². The van der Waals surface area contributed by atoms with Gasteiger partial charge in [0, 0.05) is 22.6 Å². The highest BCUT2D eigenvalue weighted by atomic mass is 35.5. The van der Waals surface area contributed by atoms with E-state index in [4.69, 9.17) is 22.1 Å². The van der Waals surface area contributed by atoms with Crippen molar-refractivity contribution >= 4 is 23.5 Å². The van der Waals surface area contributed by atoms with Gasteiger partial charge in [0.15, 0.2) is 0 Å². The van der Waals surface area contributed by atoms with E-state index in [1.54, 1.807) is 36.4 Å². The van der Waals surface area contributed by atoms with Gasteiger partial charge in [0.1, 0.15) is 6.61 Å². The maximum atomic E-state index is 11.8. The zero-order chi connectivity index (χ0) is 15.9. The number of ether oxygens (including phenoxy) is 1. The predicted molar refractivity (Wildman–Crippen MR) is 84.5 cm³/mol. The highest BCUT2D eigenvalue weighted by Crippen LogP contribution is 2.13. The fourth-order valence-electron chi connectivity index (χ4n) is 2.01. The molecule has 22 heavy (non-hydrogen) atoms. The van der Waals surface area contributed by atoms with Gasteiger partial charge in [0.2, 0.25) is 5.91 Å². The summed E-state index contributed by atoms with van der Waals surface area (Å²) in [5.41, 5.74) is 7.27. The van der Waals surface area contributed by atoms with Crippen molar-refractivity contribution in [1.82, 2.24) is 0 Å². The summed E-state index contributed by atoms with van der Waals surface area (Å²) in [6, 6.07) is 14.1. The molecule has 4 nitrogen and oxygen atoms in total. The Hall–Kier alpha value is -2.33. The number of aryl methyl sites for hydroxylation is 1. The van der Waals surface area contributed by atoms with E-state index in [0.717, 1.165) is 5.56 Å². The SMILES string of the molecule is NC(=O)c1ccccc1COC(=O)CCc1ccc(Cl)cc1. The molecule has 0 atom stereocenters. The summed E-state index contributed by atoms with van der Waals surface area (Å²) in [6.07, 6.45) is 0.841. The Bertz CT molecular complexity index is 668. The van der Waals surface area contributed by atoms with Gasteiger partial charge in [-0.1, -0.05) is 41.9 Å². The number of nitrogens with two attached hydrogens (primary N) is 1. The lowest BCUT2D eigenvalue weighted by Gasteiger charge is -2.08. The normalized spacial score (nSPS) is 10.2. The molecule has 0 bridgehead atoms. The molecule has 0 spiro atoms. The highest BCUT2D eigenvalue weighted by molar-refractivity contribution is 6.30. The first-order chi connectivity index (χ1) is 10.6. The van der Waals surface area contributed by atoms with E-state index in [-0.39, 0.29) is 19.0 Å². The number of carbonyl (C=O) groups excluding carboxylic acids is 2. The monoisotopic (exact) mass is 317 g/mol. The third-order valence-corrected chi connectivity index (χ3v) is 3.45. The molecule has 0 saturated carbocycles. The van der Waals surface area contributed by atoms with Crippen LogP contribution in [0, 0.1) is 0 Å². The Morgan fingerprint density at radius 2 is 1.73 bits per heavy atom. The zero-order valence-electron chi connectivity index (χ0n) is 11.9. The lowest BCUT2D eigenvalue weighted by molar-refractivity contribution is -0.144. The summed E-state index contributed by atoms with van der Waals surface area (Å²) in [5, 5.41) is 0.661. The molecular weight excluding hydrogens is 302 g/mol. The largest absolute Gasteiger partial charge is 0.461 e. The van der Waals surface area contributed by atoms with Gasteiger partial charge in [-0.3, -0.25) is 9.59 Å². The van der Waals surface area contributed by atoms with Gasteiger partial charge < -0.3 is 10.5 Å². The smallest absolute Gasteiger partial charge is 0.306 e. The number of halogens is 1. The average molecular weight is 318 g/mol. The van der Waals surface area contributed by atoms with E-state index in [1.807, 2.05) is 12.1 Å². The average Bonchev–Trinajstić information content (AvgIpc) is 2.52. The number of hydrogen-bond acceptors (Lipinski definition) is 3. The van der Waals surface area contributed by atoms with E-state index in [9.17, 15) is 9.59 Å². The van der Waals surface area contributed by atoms with Crippen LogP contribution in [0.1, 0.15) is 27.9 Å². The van der Waals surface area contributed by atoms with Gasteiger partial charge >= 0.3 is 5.97 Å². The molecule has 0 aromatic heterocycles. The molecule has 0 aliphatic carbocycles. The van der Waals surface area contributed by atoms with Crippen LogP contribution in [0.25, 0.3) is 0 Å². The number of amides is 1. The molecule has 0 heterocycles. The van der Waals surface area contributed by atoms with Crippen LogP contribution in [0.4, 0.5) is 0 Å². The van der Waals surface area contributed by atoms with Crippen LogP contribution < -0.4 is 5.73 Å². The summed E-state index contributed by atoms with van der Waals surface area (Å²) in [4.78, 5) is 23.0. The minimum atomic E-state index is -0.534. The maximum Gasteiger partial charge on any atom is 0.306 e. The van der Waals surface area contributed by atoms with Crippen LogP contribution in [0.2, 0.25) is 5.02 Å². The number of esters is 1. The van der Waals surface area contributed by atoms with Gasteiger partial charge in [-0.25, -0.2) is 0 Å². The fourth-order valence-corrected chi connectivity index (χ4v) is 2.14. The second-order valence-corrected chi connectivity index (χ2v) is 5.24. The van der Waals surface area contributed by atoms with E-state index in [0.29, 0.717) is 22.6 Å². The topological polar surface area (TPSA) is 69.4 Å². The molecule has 0 aliphatic heterocycles. The van der Waals surface area contributed by atoms with Gasteiger partial charge in [-0.2, -0.15) is 0 Å². The number of carbonyl (C=O) groups is 2. The van der Waals surface area contributed by atoms with Crippen molar-refractivity contribution in [3.63, 3.8) is 0 Å². The van der Waals surface area contributed by atoms with Crippen molar-refractivity contribution in [2.75, 3.05) is 0 Å². The fraction of sp³-hybridized carbons (Fsp3) is 0.176. The Morgan fingerprint density at radius 1 is 1.05 bits per heavy atom. The summed E-state index contributed by atoms with van der Waals surface area (Å²) >= 11 is 5.80. The van der Waals surface area contributed by atoms with Crippen LogP contribution in [-0.2, 0) is 22.6 Å². The molecule has 2 N–H and O–H groups in total. The first kappa shape index (κ1) is 16.0. The van der Waals surface area contributed by atoms with Crippen LogP contribution in [-0.4, -0.2) is 11.9 Å². The van der Waals surface area contributed by atoms with Crippen molar-refractivity contribution in [2.45, 2.75) is 19.4 Å². The van der Waals surface area contributed by atoms with Crippen LogP contribution in [0.15, 0.2) is 48.5 Å². The molecule has 0 unspecified atom stereocenters. The van der Waals surface area contributed by atoms with Gasteiger partial charge in [0.05, 0.1) is 0 Å². The van der Waals surface area contributed by atoms with Crippen LogP contribution in [0.3, 0.4) is 0 Å². The number of primary amides is 1. The van der Waals surface area contributed by atoms with Crippen molar-refractivity contribution < 1.29 is 14.3 Å². The number of benzene rings is 2. The quantitative estimate of drug-likeness (QED) is 0.832. The summed E-state index contributed by atoms with van der Waals surface area (Å²) < 4.78 is 5.19. The molecule has 114 valence electrons. The summed E-state index contributed by atoms with van der Waals surface area (Å²) in [7, 11) is 0. The molecule has 1 amide bonds. The Balaban J connectivity index is 1.85. The summed E-state index contributed by atoms with van der Waals surface area (Å²) in [6.45, 7) is 0.0402. The molecule has 0 radical (unpaired) electrons. The van der Waals surface area contributed by atoms with Gasteiger partial charge in [0.25, 0.3) is 0 Å². The van der Waals surface area contributed by atoms with E-state index in [2.05, 4.69) is 0 Å². The second kappa shape index (κ2) is 7.61. The second-order valence-electron chi connectivity index (χ2n) is 4.81. The number of hydrogen-bond donors (Lipinski definition) is 1. The molecule has 0 fully saturated rings. The Labute approximate surface area is 133 Å². The van der Waals surface area contributed by atoms with Crippen molar-refractivity contribution in [3.8, 4) is 0 Å². The van der Waals surface area contributed by atoms with E-state index in [1.165, 1.54) is 0 Å². The lowest BCUT2D eigenvalue weighted by Crippen LogP contribution is -2.15. The van der Waals surface area contributed by atoms with Crippen LogP contribution >= 0.6 is 11.6 Å². The third kappa shape index (κ3) is 4.60. The Kier molecular flexibility index (Phi) is 5.55. The molecule has 2 aromatic rings. The molecule has 0 saturated heterocycles. The van der Waals surface area contributed by atoms with Crippen molar-refractivity contribution in [2.24, 2.45) is 5.73 Å². The van der Waals surface area contributed by atoms with Crippen molar-refractivity contribution in [3.05, 3.63) is 70.2 Å². The highest BCUT2D eigenvalue weighted by Gasteiger charge is 2.10. The standard InChI is InChI=1S/C17H16ClNO3/c18-14-8-5-12(6-9-14)7-10-16(20)22-11-13-3-1-2-4-15(13)17(19)21/h1-6,8-9H,7,10-11H2,(H2,19,21). The maximum absolute atomic E-state index is 11.8. The summed E-state index contributed by atoms with van der Waals surface area (Å²) in [5.74, 6) is -0.859. The molecule has 0 aliphatic rings. The predicted octanol–water partition coefficient (Wildman–Crippen LogP) is 3.11. The zero-order valence-corrected chi connectivity index (χ0v) is 12.7. The number of rotatable bonds is 6. The third-order valence-electron chi connectivity index (χ3n) is 3.20. The van der Waals surface area contributed by atoms with E-state index < -0.39 is 5.91 Å². The first-order valence-electron chi connectivity index (χ1n) is 6.84. The van der Waals surface area contributed by atoms with Crippen LogP contribution in [0.5, 0.6) is 0 Å². The van der Waals surface area contributed by atoms with E-state index >= 15 is 0 Å². The first-order valence-corrected chi connectivity index (χ1v) is 7.22. The minimum absolute atomic E-state index is 0.0402. The molecule has 5 heteroatoms. The molecule has 2 aromatic carbocycles.